The van der Waals surface area contributed by atoms with Crippen LogP contribution in [-0.4, -0.2) is 78.0 Å². The Labute approximate surface area is 192 Å². The van der Waals surface area contributed by atoms with Gasteiger partial charge in [0.2, 0.25) is 17.7 Å². The normalized spacial score (nSPS) is 13.5. The summed E-state index contributed by atoms with van der Waals surface area (Å²) in [5.41, 5.74) is 16.2. The minimum absolute atomic E-state index is 0.0430. The van der Waals surface area contributed by atoms with E-state index in [1.165, 1.54) is 11.8 Å². The summed E-state index contributed by atoms with van der Waals surface area (Å²) in [6.45, 7) is 3.72. The fourth-order valence-corrected chi connectivity index (χ4v) is 3.13. The van der Waals surface area contributed by atoms with Gasteiger partial charge in [0.1, 0.15) is 12.1 Å². The van der Waals surface area contributed by atoms with Crippen LogP contribution in [0.1, 0.15) is 39.5 Å². The first kappa shape index (κ1) is 29.5. The largest absolute Gasteiger partial charge is 0.480 e. The van der Waals surface area contributed by atoms with Crippen molar-refractivity contribution in [3.8, 4) is 0 Å². The molecule has 0 heterocycles. The van der Waals surface area contributed by atoms with E-state index < -0.39 is 41.8 Å². The molecular weight excluding hydrogens is 438 g/mol. The summed E-state index contributed by atoms with van der Waals surface area (Å²) in [7, 11) is 0. The molecule has 3 unspecified atom stereocenters. The molecule has 0 aromatic rings. The van der Waals surface area contributed by atoms with Gasteiger partial charge in [-0.1, -0.05) is 13.8 Å². The Hall–Kier alpha value is -2.54. The molecule has 12 nitrogen and oxygen atoms in total. The predicted molar refractivity (Wildman–Crippen MR) is 125 cm³/mol. The number of carboxylic acids is 1. The average Bonchev–Trinajstić information content (AvgIpc) is 2.70. The number of rotatable bonds is 16. The van der Waals surface area contributed by atoms with Gasteiger partial charge in [0.25, 0.3) is 0 Å². The molecule has 0 aliphatic rings. The molecule has 0 aromatic carbocycles. The van der Waals surface area contributed by atoms with Crippen LogP contribution < -0.4 is 33.2 Å². The highest BCUT2D eigenvalue weighted by molar-refractivity contribution is 7.98. The van der Waals surface area contributed by atoms with Crippen LogP contribution in [0, 0.1) is 5.92 Å². The molecule has 3 amide bonds. The molecule has 0 fully saturated rings. The first-order valence-corrected chi connectivity index (χ1v) is 11.8. The maximum atomic E-state index is 12.6. The van der Waals surface area contributed by atoms with E-state index in [2.05, 4.69) is 20.9 Å². The van der Waals surface area contributed by atoms with Crippen LogP contribution in [0.3, 0.4) is 0 Å². The lowest BCUT2D eigenvalue weighted by molar-refractivity contribution is -0.142. The number of hydrogen-bond donors (Lipinski definition) is 7. The maximum absolute atomic E-state index is 12.6. The molecule has 3 atom stereocenters. The third kappa shape index (κ3) is 13.7. The Morgan fingerprint density at radius 2 is 1.69 bits per heavy atom. The van der Waals surface area contributed by atoms with Crippen LogP contribution in [0.15, 0.2) is 4.99 Å². The van der Waals surface area contributed by atoms with E-state index >= 15 is 0 Å². The minimum Gasteiger partial charge on any atom is -0.480 e. The summed E-state index contributed by atoms with van der Waals surface area (Å²) in [4.78, 5) is 52.1. The molecule has 0 aliphatic heterocycles. The third-order valence-electron chi connectivity index (χ3n) is 4.31. The van der Waals surface area contributed by atoms with Gasteiger partial charge in [-0.05, 0) is 43.6 Å². The molecule has 0 aromatic heterocycles. The fourth-order valence-electron chi connectivity index (χ4n) is 2.66. The molecule has 0 radical (unpaired) electrons. The van der Waals surface area contributed by atoms with Gasteiger partial charge in [-0.25, -0.2) is 4.79 Å². The van der Waals surface area contributed by atoms with Gasteiger partial charge in [0, 0.05) is 6.54 Å². The van der Waals surface area contributed by atoms with Crippen molar-refractivity contribution in [2.24, 2.45) is 28.1 Å². The van der Waals surface area contributed by atoms with E-state index in [0.717, 1.165) is 0 Å². The molecule has 10 N–H and O–H groups in total. The van der Waals surface area contributed by atoms with Crippen LogP contribution in [0.5, 0.6) is 0 Å². The lowest BCUT2D eigenvalue weighted by Crippen LogP contribution is -2.54. The molecule has 184 valence electrons. The van der Waals surface area contributed by atoms with Crippen molar-refractivity contribution >= 4 is 41.4 Å². The van der Waals surface area contributed by atoms with E-state index in [0.29, 0.717) is 31.6 Å². The number of amides is 3. The van der Waals surface area contributed by atoms with Gasteiger partial charge in [0.15, 0.2) is 5.96 Å². The zero-order chi connectivity index (χ0) is 24.7. The van der Waals surface area contributed by atoms with Gasteiger partial charge in [-0.3, -0.25) is 19.4 Å². The number of nitrogens with one attached hydrogen (secondary N) is 3. The second-order valence-corrected chi connectivity index (χ2v) is 8.69. The molecule has 0 spiro atoms. The van der Waals surface area contributed by atoms with Crippen molar-refractivity contribution < 1.29 is 24.3 Å². The van der Waals surface area contributed by atoms with E-state index in [9.17, 15) is 24.3 Å². The van der Waals surface area contributed by atoms with Crippen LogP contribution in [-0.2, 0) is 19.2 Å². The summed E-state index contributed by atoms with van der Waals surface area (Å²) < 4.78 is 0. The van der Waals surface area contributed by atoms with Crippen LogP contribution in [0.25, 0.3) is 0 Å². The summed E-state index contributed by atoms with van der Waals surface area (Å²) in [6, 6.07) is -2.80. The predicted octanol–water partition coefficient (Wildman–Crippen LogP) is -1.66. The highest BCUT2D eigenvalue weighted by Gasteiger charge is 2.27. The van der Waals surface area contributed by atoms with Gasteiger partial charge in [0.05, 0.1) is 12.6 Å². The van der Waals surface area contributed by atoms with Crippen molar-refractivity contribution in [3.63, 3.8) is 0 Å². The zero-order valence-corrected chi connectivity index (χ0v) is 19.7. The third-order valence-corrected chi connectivity index (χ3v) is 4.96. The molecule has 32 heavy (non-hydrogen) atoms. The summed E-state index contributed by atoms with van der Waals surface area (Å²) in [5.74, 6) is -2.23. The fraction of sp³-hybridized carbons (Fsp3) is 0.737. The lowest BCUT2D eigenvalue weighted by atomic mass is 10.0. The lowest BCUT2D eigenvalue weighted by Gasteiger charge is -2.23. The van der Waals surface area contributed by atoms with Crippen LogP contribution in [0.4, 0.5) is 0 Å². The molecule has 0 rings (SSSR count). The van der Waals surface area contributed by atoms with Gasteiger partial charge in [-0.15, -0.1) is 0 Å². The molecule has 0 bridgehead atoms. The number of guanidine groups is 1. The molecule has 0 aliphatic carbocycles. The molecule has 13 heteroatoms. The number of aliphatic imine (C=N–C) groups is 1. The first-order valence-electron chi connectivity index (χ1n) is 10.4. The Bertz CT molecular complexity index is 656. The SMILES string of the molecule is CSCCC(NC(=O)C(CC(C)C)NC(=O)CNC(=O)C(N)CCCN=C(N)N)C(=O)O. The number of hydrogen-bond acceptors (Lipinski definition) is 7. The topological polar surface area (TPSA) is 215 Å². The van der Waals surface area contributed by atoms with Gasteiger partial charge in [-0.2, -0.15) is 11.8 Å². The van der Waals surface area contributed by atoms with Crippen LogP contribution in [0.2, 0.25) is 0 Å². The Balaban J connectivity index is 4.73. The second-order valence-electron chi connectivity index (χ2n) is 7.70. The first-order chi connectivity index (χ1) is 15.0. The summed E-state index contributed by atoms with van der Waals surface area (Å²) in [5, 5.41) is 16.8. The number of carbonyl (C=O) groups excluding carboxylic acids is 3. The molecule has 0 saturated heterocycles. The Morgan fingerprint density at radius 3 is 2.22 bits per heavy atom. The zero-order valence-electron chi connectivity index (χ0n) is 18.9. The van der Waals surface area contributed by atoms with Crippen molar-refractivity contribution in [1.82, 2.24) is 16.0 Å². The average molecular weight is 476 g/mol. The number of carboxylic acid groups (broad SMARTS) is 1. The summed E-state index contributed by atoms with van der Waals surface area (Å²) >= 11 is 1.47. The number of carbonyl (C=O) groups is 4. The Morgan fingerprint density at radius 1 is 1.03 bits per heavy atom. The number of nitrogens with zero attached hydrogens (tertiary/aromatic N) is 1. The van der Waals surface area contributed by atoms with Gasteiger partial charge >= 0.3 is 5.97 Å². The second kappa shape index (κ2) is 16.1. The smallest absolute Gasteiger partial charge is 0.326 e. The number of nitrogens with two attached hydrogens (primary N) is 3. The number of thioether (sulfide) groups is 1. The molecule has 0 saturated carbocycles. The van der Waals surface area contributed by atoms with E-state index in [1.807, 2.05) is 20.1 Å². The van der Waals surface area contributed by atoms with Crippen molar-refractivity contribution in [2.45, 2.75) is 57.7 Å². The van der Waals surface area contributed by atoms with Crippen molar-refractivity contribution in [3.05, 3.63) is 0 Å². The van der Waals surface area contributed by atoms with E-state index in [1.54, 1.807) is 0 Å². The maximum Gasteiger partial charge on any atom is 0.326 e. The van der Waals surface area contributed by atoms with Gasteiger partial charge < -0.3 is 38.3 Å². The minimum atomic E-state index is -1.14. The summed E-state index contributed by atoms with van der Waals surface area (Å²) in [6.07, 6.45) is 3.24. The van der Waals surface area contributed by atoms with E-state index in [-0.39, 0.29) is 24.8 Å². The van der Waals surface area contributed by atoms with Crippen molar-refractivity contribution in [1.29, 1.82) is 0 Å². The monoisotopic (exact) mass is 475 g/mol. The molecular formula is C19H37N7O5S. The van der Waals surface area contributed by atoms with E-state index in [4.69, 9.17) is 17.2 Å². The highest BCUT2D eigenvalue weighted by Crippen LogP contribution is 2.07. The standard InChI is InChI=1S/C19H37N7O5S/c1-11(2)9-14(17(29)26-13(18(30)31)6-8-32-3)25-15(27)10-24-16(28)12(20)5-4-7-23-19(21)22/h11-14H,4-10,20H2,1-3H3,(H,24,28)(H,25,27)(H,26,29)(H,30,31)(H4,21,22,23). The van der Waals surface area contributed by atoms with Crippen molar-refractivity contribution in [2.75, 3.05) is 25.1 Å². The highest BCUT2D eigenvalue weighted by atomic mass is 32.2. The number of aliphatic carboxylic acids is 1. The Kier molecular flexibility index (Phi) is 14.9. The van der Waals surface area contributed by atoms with Crippen LogP contribution >= 0.6 is 11.8 Å². The quantitative estimate of drug-likeness (QED) is 0.0771.